The molecule has 9 heteroatoms. The zero-order valence-electron chi connectivity index (χ0n) is 19.0. The smallest absolute Gasteiger partial charge is 0.338 e. The summed E-state index contributed by atoms with van der Waals surface area (Å²) in [6, 6.07) is 24.1. The van der Waals surface area contributed by atoms with Gasteiger partial charge < -0.3 is 29.2 Å². The average molecular weight is 492 g/mol. The number of aliphatic hydroxyl groups is 2. The summed E-state index contributed by atoms with van der Waals surface area (Å²) in [5.74, 6) is -2.30. The van der Waals surface area contributed by atoms with Crippen LogP contribution in [0.4, 0.5) is 0 Å². The molecule has 1 fully saturated rings. The number of aliphatic hydroxyl groups excluding tert-OH is 2. The first kappa shape index (κ1) is 25.1. The van der Waals surface area contributed by atoms with Crippen LogP contribution in [0.1, 0.15) is 31.1 Å². The predicted octanol–water partition coefficient (Wildman–Crippen LogP) is 2.37. The van der Waals surface area contributed by atoms with Gasteiger partial charge in [0.25, 0.3) is 0 Å². The molecule has 186 valence electrons. The minimum absolute atomic E-state index is 0.186. The molecule has 5 atom stereocenters. The van der Waals surface area contributed by atoms with Crippen LogP contribution < -0.4 is 0 Å². The Kier molecular flexibility index (Phi) is 8.06. The molecule has 9 nitrogen and oxygen atoms in total. The van der Waals surface area contributed by atoms with Gasteiger partial charge in [-0.3, -0.25) is 0 Å². The fraction of sp³-hybridized carbons (Fsp3) is 0.222. The quantitative estimate of drug-likeness (QED) is 0.377. The standard InChI is InChI=1S/C27H24O9/c28-21-20(16-33-24(29)17-10-4-1-5-11-17)34-27(32)23(36-26(31)19-14-8-3-9-15-19)22(21)35-25(30)18-12-6-2-7-13-18/h1-15,20-23,27-28,32H,16H2/t20?,21-,22+,23?,27+/m1/s1. The number of carbonyl (C=O) groups excluding carboxylic acids is 3. The Hall–Kier alpha value is -4.05. The van der Waals surface area contributed by atoms with Gasteiger partial charge in [0.2, 0.25) is 0 Å². The van der Waals surface area contributed by atoms with Gasteiger partial charge in [0.05, 0.1) is 16.7 Å². The van der Waals surface area contributed by atoms with Gasteiger partial charge in [0.1, 0.15) is 18.8 Å². The van der Waals surface area contributed by atoms with Crippen LogP contribution in [0.3, 0.4) is 0 Å². The van der Waals surface area contributed by atoms with Crippen molar-refractivity contribution in [2.24, 2.45) is 0 Å². The second-order valence-corrected chi connectivity index (χ2v) is 7.99. The molecule has 1 heterocycles. The van der Waals surface area contributed by atoms with Crippen molar-refractivity contribution in [1.82, 2.24) is 0 Å². The molecule has 1 saturated heterocycles. The number of hydrogen-bond acceptors (Lipinski definition) is 9. The van der Waals surface area contributed by atoms with Crippen LogP contribution in [0.2, 0.25) is 0 Å². The van der Waals surface area contributed by atoms with Gasteiger partial charge in [-0.05, 0) is 36.4 Å². The van der Waals surface area contributed by atoms with Crippen LogP contribution in [0.25, 0.3) is 0 Å². The molecule has 3 aromatic carbocycles. The largest absolute Gasteiger partial charge is 0.459 e. The van der Waals surface area contributed by atoms with Crippen molar-refractivity contribution < 1.29 is 43.5 Å². The SMILES string of the molecule is O=C(OCC1O[C@H](O)C(OC(=O)c2ccccc2)[C@@H](OC(=O)c2ccccc2)[C@@H]1O)c1ccccc1. The summed E-state index contributed by atoms with van der Waals surface area (Å²) in [6.07, 6.45) is -7.72. The molecule has 2 N–H and O–H groups in total. The lowest BCUT2D eigenvalue weighted by Gasteiger charge is -2.41. The van der Waals surface area contributed by atoms with Crippen molar-refractivity contribution in [2.75, 3.05) is 6.61 Å². The van der Waals surface area contributed by atoms with E-state index in [0.717, 1.165) is 0 Å². The van der Waals surface area contributed by atoms with E-state index in [4.69, 9.17) is 18.9 Å². The fourth-order valence-corrected chi connectivity index (χ4v) is 3.65. The number of carbonyl (C=O) groups is 3. The summed E-state index contributed by atoms with van der Waals surface area (Å²) in [5.41, 5.74) is 0.655. The Morgan fingerprint density at radius 3 is 1.53 bits per heavy atom. The van der Waals surface area contributed by atoms with Crippen LogP contribution in [-0.2, 0) is 18.9 Å². The topological polar surface area (TPSA) is 129 Å². The van der Waals surface area contributed by atoms with E-state index in [9.17, 15) is 24.6 Å². The molecule has 36 heavy (non-hydrogen) atoms. The third kappa shape index (κ3) is 5.95. The number of rotatable bonds is 7. The molecule has 0 aromatic heterocycles. The van der Waals surface area contributed by atoms with Crippen molar-refractivity contribution in [2.45, 2.75) is 30.7 Å². The third-order valence-electron chi connectivity index (χ3n) is 5.53. The molecule has 1 aliphatic heterocycles. The monoisotopic (exact) mass is 492 g/mol. The van der Waals surface area contributed by atoms with E-state index in [1.54, 1.807) is 66.7 Å². The molecule has 2 unspecified atom stereocenters. The maximum Gasteiger partial charge on any atom is 0.338 e. The predicted molar refractivity (Wildman–Crippen MR) is 125 cm³/mol. The van der Waals surface area contributed by atoms with E-state index >= 15 is 0 Å². The minimum atomic E-state index is -1.78. The Labute approximate surface area is 206 Å². The van der Waals surface area contributed by atoms with Gasteiger partial charge in [0.15, 0.2) is 18.5 Å². The van der Waals surface area contributed by atoms with Crippen molar-refractivity contribution in [3.63, 3.8) is 0 Å². The summed E-state index contributed by atoms with van der Waals surface area (Å²) in [7, 11) is 0. The molecule has 0 radical (unpaired) electrons. The normalized spacial score (nSPS) is 23.3. The number of hydrogen-bond donors (Lipinski definition) is 2. The van der Waals surface area contributed by atoms with Gasteiger partial charge in [-0.2, -0.15) is 0 Å². The van der Waals surface area contributed by atoms with Crippen molar-refractivity contribution in [1.29, 1.82) is 0 Å². The third-order valence-corrected chi connectivity index (χ3v) is 5.53. The summed E-state index contributed by atoms with van der Waals surface area (Å²) in [6.45, 7) is -0.454. The van der Waals surface area contributed by atoms with Gasteiger partial charge in [-0.15, -0.1) is 0 Å². The molecule has 0 amide bonds. The van der Waals surface area contributed by atoms with Crippen LogP contribution >= 0.6 is 0 Å². The first-order chi connectivity index (χ1) is 17.4. The van der Waals surface area contributed by atoms with Gasteiger partial charge in [-0.1, -0.05) is 54.6 Å². The van der Waals surface area contributed by atoms with Crippen molar-refractivity contribution in [3.8, 4) is 0 Å². The molecular weight excluding hydrogens is 468 g/mol. The second-order valence-electron chi connectivity index (χ2n) is 7.99. The number of ether oxygens (including phenoxy) is 4. The molecule has 0 aliphatic carbocycles. The molecule has 1 aliphatic rings. The van der Waals surface area contributed by atoms with Crippen molar-refractivity contribution in [3.05, 3.63) is 108 Å². The minimum Gasteiger partial charge on any atom is -0.459 e. The van der Waals surface area contributed by atoms with Gasteiger partial charge in [-0.25, -0.2) is 14.4 Å². The first-order valence-electron chi connectivity index (χ1n) is 11.2. The molecule has 0 saturated carbocycles. The molecule has 0 spiro atoms. The molecular formula is C27H24O9. The van der Waals surface area contributed by atoms with E-state index in [-0.39, 0.29) is 16.7 Å². The zero-order valence-corrected chi connectivity index (χ0v) is 19.0. The van der Waals surface area contributed by atoms with E-state index in [0.29, 0.717) is 0 Å². The molecule has 0 bridgehead atoms. The molecule has 3 aromatic rings. The van der Waals surface area contributed by atoms with E-state index in [1.165, 1.54) is 24.3 Å². The summed E-state index contributed by atoms with van der Waals surface area (Å²) in [5, 5.41) is 21.6. The highest BCUT2D eigenvalue weighted by Gasteiger charge is 2.50. The number of esters is 3. The summed E-state index contributed by atoms with van der Waals surface area (Å²) < 4.78 is 21.5. The van der Waals surface area contributed by atoms with E-state index in [1.807, 2.05) is 0 Å². The Balaban J connectivity index is 1.52. The summed E-state index contributed by atoms with van der Waals surface area (Å²) in [4.78, 5) is 37.7. The highest BCUT2D eigenvalue weighted by atomic mass is 16.7. The lowest BCUT2D eigenvalue weighted by atomic mass is 9.98. The fourth-order valence-electron chi connectivity index (χ4n) is 3.65. The van der Waals surface area contributed by atoms with Crippen LogP contribution in [0, 0.1) is 0 Å². The highest BCUT2D eigenvalue weighted by molar-refractivity contribution is 5.90. The molecule has 4 rings (SSSR count). The summed E-state index contributed by atoms with van der Waals surface area (Å²) >= 11 is 0. The Morgan fingerprint density at radius 2 is 1.06 bits per heavy atom. The maximum atomic E-state index is 12.7. The Morgan fingerprint density at radius 1 is 0.639 bits per heavy atom. The van der Waals surface area contributed by atoms with Crippen molar-refractivity contribution >= 4 is 17.9 Å². The van der Waals surface area contributed by atoms with E-state index < -0.39 is 55.2 Å². The average Bonchev–Trinajstić information content (AvgIpc) is 2.92. The highest BCUT2D eigenvalue weighted by Crippen LogP contribution is 2.27. The lowest BCUT2D eigenvalue weighted by molar-refractivity contribution is -0.284. The zero-order chi connectivity index (χ0) is 25.5. The second kappa shape index (κ2) is 11.6. The Bertz CT molecular complexity index is 1170. The first-order valence-corrected chi connectivity index (χ1v) is 11.2. The van der Waals surface area contributed by atoms with Gasteiger partial charge >= 0.3 is 17.9 Å². The van der Waals surface area contributed by atoms with Crippen LogP contribution in [-0.4, -0.2) is 65.4 Å². The van der Waals surface area contributed by atoms with E-state index in [2.05, 4.69) is 0 Å². The van der Waals surface area contributed by atoms with Crippen LogP contribution in [0.15, 0.2) is 91.0 Å². The van der Waals surface area contributed by atoms with Gasteiger partial charge in [0, 0.05) is 0 Å². The lowest BCUT2D eigenvalue weighted by Crippen LogP contribution is -2.61. The maximum absolute atomic E-state index is 12.7. The van der Waals surface area contributed by atoms with Crippen LogP contribution in [0.5, 0.6) is 0 Å². The number of benzene rings is 3.